The standard InChI is InChI=1S/C12H18O2S/c1-10(2)5-7-14-12(13)4-3-11-6-8-15-9-11/h6,8-10H,3-5,7H2,1-2H3. The molecule has 0 fully saturated rings. The average Bonchev–Trinajstić information content (AvgIpc) is 2.66. The van der Waals surface area contributed by atoms with Gasteiger partial charge in [-0.1, -0.05) is 13.8 Å². The molecule has 0 saturated heterocycles. The topological polar surface area (TPSA) is 26.3 Å². The van der Waals surface area contributed by atoms with E-state index in [0.717, 1.165) is 12.8 Å². The van der Waals surface area contributed by atoms with Crippen molar-refractivity contribution in [3.05, 3.63) is 22.4 Å². The first-order chi connectivity index (χ1) is 7.18. The number of hydrogen-bond donors (Lipinski definition) is 0. The summed E-state index contributed by atoms with van der Waals surface area (Å²) in [5.41, 5.74) is 1.22. The highest BCUT2D eigenvalue weighted by Gasteiger charge is 2.04. The molecular weight excluding hydrogens is 208 g/mol. The summed E-state index contributed by atoms with van der Waals surface area (Å²) in [7, 11) is 0. The van der Waals surface area contributed by atoms with Crippen molar-refractivity contribution in [2.45, 2.75) is 33.1 Å². The second kappa shape index (κ2) is 6.62. The molecule has 0 radical (unpaired) electrons. The van der Waals surface area contributed by atoms with Crippen molar-refractivity contribution < 1.29 is 9.53 Å². The van der Waals surface area contributed by atoms with Crippen molar-refractivity contribution in [3.63, 3.8) is 0 Å². The summed E-state index contributed by atoms with van der Waals surface area (Å²) in [6.07, 6.45) is 2.24. The van der Waals surface area contributed by atoms with Crippen molar-refractivity contribution in [1.29, 1.82) is 0 Å². The van der Waals surface area contributed by atoms with E-state index >= 15 is 0 Å². The molecule has 0 unspecified atom stereocenters. The molecule has 0 aromatic carbocycles. The SMILES string of the molecule is CC(C)CCOC(=O)CCc1ccsc1. The molecule has 1 aromatic heterocycles. The second-order valence-electron chi connectivity index (χ2n) is 4.03. The lowest BCUT2D eigenvalue weighted by atomic mass is 10.1. The first-order valence-electron chi connectivity index (χ1n) is 5.35. The molecule has 84 valence electrons. The fourth-order valence-electron chi connectivity index (χ4n) is 1.16. The number of carbonyl (C=O) groups is 1. The van der Waals surface area contributed by atoms with Crippen molar-refractivity contribution in [2.24, 2.45) is 5.92 Å². The van der Waals surface area contributed by atoms with Crippen LogP contribution in [0.5, 0.6) is 0 Å². The number of thiophene rings is 1. The lowest BCUT2D eigenvalue weighted by Gasteiger charge is -2.06. The van der Waals surface area contributed by atoms with E-state index in [1.54, 1.807) is 11.3 Å². The van der Waals surface area contributed by atoms with Gasteiger partial charge in [-0.05, 0) is 41.1 Å². The highest BCUT2D eigenvalue weighted by Crippen LogP contribution is 2.09. The van der Waals surface area contributed by atoms with Gasteiger partial charge in [0.2, 0.25) is 0 Å². The Bertz CT molecular complexity index is 278. The van der Waals surface area contributed by atoms with Crippen LogP contribution >= 0.6 is 11.3 Å². The van der Waals surface area contributed by atoms with Crippen molar-refractivity contribution >= 4 is 17.3 Å². The molecule has 0 bridgehead atoms. The van der Waals surface area contributed by atoms with Crippen LogP contribution in [0.1, 0.15) is 32.3 Å². The summed E-state index contributed by atoms with van der Waals surface area (Å²) in [5, 5.41) is 4.10. The molecule has 0 spiro atoms. The number of aryl methyl sites for hydroxylation is 1. The van der Waals surface area contributed by atoms with Gasteiger partial charge >= 0.3 is 5.97 Å². The molecule has 1 aromatic rings. The quantitative estimate of drug-likeness (QED) is 0.696. The van der Waals surface area contributed by atoms with E-state index < -0.39 is 0 Å². The zero-order chi connectivity index (χ0) is 11.1. The van der Waals surface area contributed by atoms with Crippen molar-refractivity contribution in [3.8, 4) is 0 Å². The van der Waals surface area contributed by atoms with Crippen molar-refractivity contribution in [2.75, 3.05) is 6.61 Å². The maximum absolute atomic E-state index is 11.3. The minimum absolute atomic E-state index is 0.0816. The van der Waals surface area contributed by atoms with E-state index in [4.69, 9.17) is 4.74 Å². The molecule has 0 amide bonds. The summed E-state index contributed by atoms with van der Waals surface area (Å²) in [6, 6.07) is 2.05. The smallest absolute Gasteiger partial charge is 0.306 e. The molecule has 0 aliphatic heterocycles. The molecule has 0 atom stereocenters. The van der Waals surface area contributed by atoms with Gasteiger partial charge in [0.05, 0.1) is 6.61 Å². The van der Waals surface area contributed by atoms with Gasteiger partial charge in [0, 0.05) is 6.42 Å². The normalized spacial score (nSPS) is 10.6. The molecule has 0 N–H and O–H groups in total. The number of ether oxygens (including phenoxy) is 1. The summed E-state index contributed by atoms with van der Waals surface area (Å²) in [6.45, 7) is 4.80. The fourth-order valence-corrected chi connectivity index (χ4v) is 1.87. The minimum atomic E-state index is -0.0816. The number of esters is 1. The Hall–Kier alpha value is -0.830. The van der Waals surface area contributed by atoms with Gasteiger partial charge in [-0.2, -0.15) is 11.3 Å². The first-order valence-corrected chi connectivity index (χ1v) is 6.29. The molecule has 2 nitrogen and oxygen atoms in total. The molecule has 0 saturated carbocycles. The molecule has 0 aliphatic rings. The van der Waals surface area contributed by atoms with Gasteiger partial charge in [0.25, 0.3) is 0 Å². The van der Waals surface area contributed by atoms with E-state index in [1.165, 1.54) is 5.56 Å². The van der Waals surface area contributed by atoms with Crippen LogP contribution in [-0.4, -0.2) is 12.6 Å². The van der Waals surface area contributed by atoms with Crippen LogP contribution in [0.4, 0.5) is 0 Å². The Kier molecular flexibility index (Phi) is 5.40. The maximum atomic E-state index is 11.3. The summed E-state index contributed by atoms with van der Waals surface area (Å²) < 4.78 is 5.12. The largest absolute Gasteiger partial charge is 0.466 e. The van der Waals surface area contributed by atoms with Crippen LogP contribution in [0.15, 0.2) is 16.8 Å². The van der Waals surface area contributed by atoms with Gasteiger partial charge in [-0.25, -0.2) is 0 Å². The first kappa shape index (κ1) is 12.2. The van der Waals surface area contributed by atoms with Gasteiger partial charge < -0.3 is 4.74 Å². The Morgan fingerprint density at radius 2 is 2.33 bits per heavy atom. The van der Waals surface area contributed by atoms with E-state index in [2.05, 4.69) is 19.2 Å². The molecule has 0 aliphatic carbocycles. The van der Waals surface area contributed by atoms with Gasteiger partial charge in [-0.3, -0.25) is 4.79 Å². The monoisotopic (exact) mass is 226 g/mol. The Balaban J connectivity index is 2.09. The lowest BCUT2D eigenvalue weighted by molar-refractivity contribution is -0.143. The number of rotatable bonds is 6. The van der Waals surface area contributed by atoms with Gasteiger partial charge in [0.1, 0.15) is 0 Å². The van der Waals surface area contributed by atoms with Crippen LogP contribution < -0.4 is 0 Å². The highest BCUT2D eigenvalue weighted by molar-refractivity contribution is 7.07. The summed E-state index contributed by atoms with van der Waals surface area (Å²) >= 11 is 1.66. The van der Waals surface area contributed by atoms with Crippen molar-refractivity contribution in [1.82, 2.24) is 0 Å². The third-order valence-corrected chi connectivity index (χ3v) is 2.89. The number of carbonyl (C=O) groups excluding carboxylic acids is 1. The predicted octanol–water partition coefficient (Wildman–Crippen LogP) is 3.27. The van der Waals surface area contributed by atoms with Crippen LogP contribution in [0, 0.1) is 5.92 Å². The lowest BCUT2D eigenvalue weighted by Crippen LogP contribution is -2.08. The Morgan fingerprint density at radius 3 is 2.93 bits per heavy atom. The predicted molar refractivity (Wildman–Crippen MR) is 63.1 cm³/mol. The van der Waals surface area contributed by atoms with Crippen LogP contribution in [0.25, 0.3) is 0 Å². The molecular formula is C12H18O2S. The summed E-state index contributed by atoms with van der Waals surface area (Å²) in [5.74, 6) is 0.511. The van der Waals surface area contributed by atoms with E-state index in [9.17, 15) is 4.79 Å². The average molecular weight is 226 g/mol. The molecule has 15 heavy (non-hydrogen) atoms. The van der Waals surface area contributed by atoms with Crippen LogP contribution in [0.2, 0.25) is 0 Å². The zero-order valence-corrected chi connectivity index (χ0v) is 10.2. The van der Waals surface area contributed by atoms with Crippen LogP contribution in [-0.2, 0) is 16.0 Å². The van der Waals surface area contributed by atoms with E-state index in [0.29, 0.717) is 18.9 Å². The second-order valence-corrected chi connectivity index (χ2v) is 4.81. The Morgan fingerprint density at radius 1 is 1.53 bits per heavy atom. The maximum Gasteiger partial charge on any atom is 0.306 e. The van der Waals surface area contributed by atoms with Gasteiger partial charge in [-0.15, -0.1) is 0 Å². The van der Waals surface area contributed by atoms with E-state index in [-0.39, 0.29) is 5.97 Å². The molecule has 1 heterocycles. The molecule has 1 rings (SSSR count). The van der Waals surface area contributed by atoms with Gasteiger partial charge in [0.15, 0.2) is 0 Å². The summed E-state index contributed by atoms with van der Waals surface area (Å²) in [4.78, 5) is 11.3. The zero-order valence-electron chi connectivity index (χ0n) is 9.36. The highest BCUT2D eigenvalue weighted by atomic mass is 32.1. The van der Waals surface area contributed by atoms with Crippen LogP contribution in [0.3, 0.4) is 0 Å². The molecule has 3 heteroatoms. The third kappa shape index (κ3) is 5.57. The fraction of sp³-hybridized carbons (Fsp3) is 0.583. The minimum Gasteiger partial charge on any atom is -0.466 e. The third-order valence-electron chi connectivity index (χ3n) is 2.16. The number of hydrogen-bond acceptors (Lipinski definition) is 3. The Labute approximate surface area is 95.3 Å². The van der Waals surface area contributed by atoms with E-state index in [1.807, 2.05) is 11.4 Å².